The van der Waals surface area contributed by atoms with Crippen LogP contribution in [0.4, 0.5) is 5.69 Å². The van der Waals surface area contributed by atoms with Crippen molar-refractivity contribution in [1.29, 1.82) is 0 Å². The summed E-state index contributed by atoms with van der Waals surface area (Å²) < 4.78 is 35.2. The van der Waals surface area contributed by atoms with Gasteiger partial charge in [0.05, 0.1) is 17.2 Å². The minimum absolute atomic E-state index is 0.0371. The Bertz CT molecular complexity index is 1410. The number of benzene rings is 3. The van der Waals surface area contributed by atoms with Crippen molar-refractivity contribution in [1.82, 2.24) is 10.2 Å². The predicted octanol–water partition coefficient (Wildman–Crippen LogP) is 5.68. The number of ether oxygens (including phenoxy) is 1. The SMILES string of the molecule is CCOc1ccc(N(CC(=O)N(Cc2ccc(C)cc2)[C@H](C)C(=O)N[C@H](C)CC)S(=O)(=O)c2ccc(Br)cc2)cc1. The molecule has 2 amide bonds. The number of amides is 2. The third-order valence-corrected chi connectivity index (χ3v) is 9.07. The first kappa shape index (κ1) is 32.1. The lowest BCUT2D eigenvalue weighted by atomic mass is 10.1. The van der Waals surface area contributed by atoms with Crippen molar-refractivity contribution < 1.29 is 22.7 Å². The zero-order valence-corrected chi connectivity index (χ0v) is 26.5. The average Bonchev–Trinajstić information content (AvgIpc) is 2.95. The van der Waals surface area contributed by atoms with Crippen LogP contribution >= 0.6 is 15.9 Å². The highest BCUT2D eigenvalue weighted by atomic mass is 79.9. The summed E-state index contributed by atoms with van der Waals surface area (Å²) >= 11 is 3.34. The number of sulfonamides is 1. The molecule has 0 spiro atoms. The third-order valence-electron chi connectivity index (χ3n) is 6.76. The fraction of sp³-hybridized carbons (Fsp3) is 0.355. The van der Waals surface area contributed by atoms with Crippen LogP contribution in [0.25, 0.3) is 0 Å². The van der Waals surface area contributed by atoms with E-state index in [0.29, 0.717) is 18.0 Å². The number of nitrogens with one attached hydrogen (secondary N) is 1. The Morgan fingerprint density at radius 2 is 1.54 bits per heavy atom. The minimum atomic E-state index is -4.15. The molecule has 0 fully saturated rings. The Morgan fingerprint density at radius 3 is 2.10 bits per heavy atom. The highest BCUT2D eigenvalue weighted by molar-refractivity contribution is 9.10. The second-order valence-electron chi connectivity index (χ2n) is 9.89. The lowest BCUT2D eigenvalue weighted by Crippen LogP contribution is -2.52. The quantitative estimate of drug-likeness (QED) is 0.258. The molecule has 8 nitrogen and oxygen atoms in total. The molecule has 10 heteroatoms. The maximum absolute atomic E-state index is 14.0. The standard InChI is InChI=1S/C31H38BrN3O5S/c1-6-23(4)33-31(37)24(5)34(20-25-10-8-22(3)9-11-25)30(36)21-35(27-14-16-28(17-15-27)40-7-2)41(38,39)29-18-12-26(32)13-19-29/h8-19,23-24H,6-7,20-21H2,1-5H3,(H,33,37)/t23-,24-/m1/s1. The molecule has 0 aliphatic rings. The number of aryl methyl sites for hydroxylation is 1. The molecule has 0 aromatic heterocycles. The molecule has 3 rings (SSSR count). The molecule has 0 aliphatic carbocycles. The van der Waals surface area contributed by atoms with Gasteiger partial charge in [-0.15, -0.1) is 0 Å². The van der Waals surface area contributed by atoms with Crippen molar-refractivity contribution in [2.75, 3.05) is 17.5 Å². The normalized spacial score (nSPS) is 12.7. The van der Waals surface area contributed by atoms with Crippen LogP contribution in [0.1, 0.15) is 45.2 Å². The number of hydrogen-bond acceptors (Lipinski definition) is 5. The van der Waals surface area contributed by atoms with Gasteiger partial charge in [0.15, 0.2) is 0 Å². The fourth-order valence-electron chi connectivity index (χ4n) is 4.08. The molecule has 3 aromatic rings. The van der Waals surface area contributed by atoms with Crippen molar-refractivity contribution in [2.45, 2.75) is 64.6 Å². The summed E-state index contributed by atoms with van der Waals surface area (Å²) in [5.41, 5.74) is 2.20. The van der Waals surface area contributed by atoms with Gasteiger partial charge in [-0.3, -0.25) is 13.9 Å². The third kappa shape index (κ3) is 8.56. The van der Waals surface area contributed by atoms with E-state index in [1.54, 1.807) is 43.3 Å². The molecule has 0 saturated carbocycles. The van der Waals surface area contributed by atoms with Gasteiger partial charge >= 0.3 is 0 Å². The van der Waals surface area contributed by atoms with Crippen LogP contribution in [0.2, 0.25) is 0 Å². The number of carbonyl (C=O) groups excluding carboxylic acids is 2. The highest BCUT2D eigenvalue weighted by Gasteiger charge is 2.32. The average molecular weight is 645 g/mol. The second kappa shape index (κ2) is 14.5. The van der Waals surface area contributed by atoms with Gasteiger partial charge in [0.2, 0.25) is 11.8 Å². The molecule has 0 radical (unpaired) electrons. The van der Waals surface area contributed by atoms with E-state index in [2.05, 4.69) is 21.2 Å². The fourth-order valence-corrected chi connectivity index (χ4v) is 5.75. The summed E-state index contributed by atoms with van der Waals surface area (Å²) in [6.45, 7) is 9.46. The van der Waals surface area contributed by atoms with Crippen molar-refractivity contribution >= 4 is 43.5 Å². The molecule has 0 aliphatic heterocycles. The van der Waals surface area contributed by atoms with Crippen molar-refractivity contribution in [2.24, 2.45) is 0 Å². The topological polar surface area (TPSA) is 96.0 Å². The van der Waals surface area contributed by atoms with E-state index >= 15 is 0 Å². The summed E-state index contributed by atoms with van der Waals surface area (Å²) in [5.74, 6) is -0.227. The first-order chi connectivity index (χ1) is 19.5. The van der Waals surface area contributed by atoms with Crippen molar-refractivity contribution in [3.63, 3.8) is 0 Å². The lowest BCUT2D eigenvalue weighted by Gasteiger charge is -2.32. The number of halogens is 1. The Labute approximate surface area is 251 Å². The minimum Gasteiger partial charge on any atom is -0.494 e. The van der Waals surface area contributed by atoms with Crippen LogP contribution in [0.3, 0.4) is 0 Å². The first-order valence-electron chi connectivity index (χ1n) is 13.6. The van der Waals surface area contributed by atoms with E-state index in [9.17, 15) is 18.0 Å². The maximum Gasteiger partial charge on any atom is 0.264 e. The van der Waals surface area contributed by atoms with Crippen LogP contribution in [0.15, 0.2) is 82.2 Å². The predicted molar refractivity (Wildman–Crippen MR) is 165 cm³/mol. The Kier molecular flexibility index (Phi) is 11.4. The van der Waals surface area contributed by atoms with Crippen molar-refractivity contribution in [3.05, 3.63) is 88.4 Å². The van der Waals surface area contributed by atoms with E-state index in [0.717, 1.165) is 26.3 Å². The van der Waals surface area contributed by atoms with E-state index < -0.39 is 28.5 Å². The van der Waals surface area contributed by atoms with Crippen LogP contribution in [0, 0.1) is 6.92 Å². The maximum atomic E-state index is 14.0. The molecule has 220 valence electrons. The van der Waals surface area contributed by atoms with Gasteiger partial charge in [-0.2, -0.15) is 0 Å². The second-order valence-corrected chi connectivity index (χ2v) is 12.7. The zero-order chi connectivity index (χ0) is 30.2. The largest absolute Gasteiger partial charge is 0.494 e. The van der Waals surface area contributed by atoms with Crippen LogP contribution in [0.5, 0.6) is 5.75 Å². The van der Waals surface area contributed by atoms with Gasteiger partial charge in [-0.05, 0) is 88.2 Å². The van der Waals surface area contributed by atoms with E-state index in [4.69, 9.17) is 4.74 Å². The number of hydrogen-bond donors (Lipinski definition) is 1. The monoisotopic (exact) mass is 643 g/mol. The van der Waals surface area contributed by atoms with E-state index in [-0.39, 0.29) is 23.4 Å². The van der Waals surface area contributed by atoms with Gasteiger partial charge in [0.1, 0.15) is 18.3 Å². The van der Waals surface area contributed by atoms with Gasteiger partial charge in [-0.25, -0.2) is 8.42 Å². The lowest BCUT2D eigenvalue weighted by molar-refractivity contribution is -0.139. The number of carbonyl (C=O) groups is 2. The summed E-state index contributed by atoms with van der Waals surface area (Å²) in [4.78, 5) is 28.6. The molecule has 0 unspecified atom stereocenters. The van der Waals surface area contributed by atoms with Crippen LogP contribution in [-0.4, -0.2) is 50.4 Å². The molecule has 0 bridgehead atoms. The van der Waals surface area contributed by atoms with E-state index in [1.165, 1.54) is 17.0 Å². The molecule has 1 N–H and O–H groups in total. The summed E-state index contributed by atoms with van der Waals surface area (Å²) in [6.07, 6.45) is 0.737. The molecule has 41 heavy (non-hydrogen) atoms. The summed E-state index contributed by atoms with van der Waals surface area (Å²) in [5, 5.41) is 2.94. The van der Waals surface area contributed by atoms with Gasteiger partial charge in [0.25, 0.3) is 10.0 Å². The molecular weight excluding hydrogens is 606 g/mol. The van der Waals surface area contributed by atoms with E-state index in [1.807, 2.05) is 52.0 Å². The number of rotatable bonds is 13. The van der Waals surface area contributed by atoms with Gasteiger partial charge < -0.3 is 15.0 Å². The number of anilines is 1. The molecule has 3 aromatic carbocycles. The Hall–Kier alpha value is -3.37. The highest BCUT2D eigenvalue weighted by Crippen LogP contribution is 2.27. The Morgan fingerprint density at radius 1 is 0.927 bits per heavy atom. The molecular formula is C31H38BrN3O5S. The first-order valence-corrected chi connectivity index (χ1v) is 15.9. The van der Waals surface area contributed by atoms with Gasteiger partial charge in [0, 0.05) is 17.1 Å². The molecule has 0 saturated heterocycles. The Balaban J connectivity index is 2.02. The molecule has 2 atom stereocenters. The zero-order valence-electron chi connectivity index (χ0n) is 24.1. The van der Waals surface area contributed by atoms with Crippen LogP contribution in [-0.2, 0) is 26.2 Å². The van der Waals surface area contributed by atoms with Crippen LogP contribution < -0.4 is 14.4 Å². The van der Waals surface area contributed by atoms with Crippen molar-refractivity contribution in [3.8, 4) is 5.75 Å². The van der Waals surface area contributed by atoms with Gasteiger partial charge in [-0.1, -0.05) is 52.7 Å². The summed E-state index contributed by atoms with van der Waals surface area (Å²) in [6, 6.07) is 19.6. The molecule has 0 heterocycles. The summed E-state index contributed by atoms with van der Waals surface area (Å²) in [7, 11) is -4.15. The smallest absolute Gasteiger partial charge is 0.264 e. The number of nitrogens with zero attached hydrogens (tertiary/aromatic N) is 2.